The predicted octanol–water partition coefficient (Wildman–Crippen LogP) is 1.05. The van der Waals surface area contributed by atoms with E-state index in [4.69, 9.17) is 0 Å². The van der Waals surface area contributed by atoms with Gasteiger partial charge in [-0.3, -0.25) is 4.79 Å². The smallest absolute Gasteiger partial charge is 0.227 e. The Morgan fingerprint density at radius 3 is 2.50 bits per heavy atom. The van der Waals surface area contributed by atoms with Crippen molar-refractivity contribution in [3.8, 4) is 0 Å². The van der Waals surface area contributed by atoms with E-state index < -0.39 is 0 Å². The first-order chi connectivity index (χ1) is 6.83. The van der Waals surface area contributed by atoms with Crippen LogP contribution in [0, 0.1) is 5.41 Å². The molecule has 0 aromatic carbocycles. The van der Waals surface area contributed by atoms with Crippen molar-refractivity contribution in [2.24, 2.45) is 5.41 Å². The van der Waals surface area contributed by atoms with Gasteiger partial charge in [0.25, 0.3) is 0 Å². The standard InChI is InChI=1S/C11H20N2O/c14-10-11(6-2-4-8-13-10)5-1-3-7-12-9-11/h12H,1-9H2,(H,13,14). The maximum absolute atomic E-state index is 12.0. The van der Waals surface area contributed by atoms with Crippen molar-refractivity contribution in [3.05, 3.63) is 0 Å². The minimum atomic E-state index is -0.0764. The fourth-order valence-corrected chi connectivity index (χ4v) is 2.63. The summed E-state index contributed by atoms with van der Waals surface area (Å²) in [6, 6.07) is 0. The predicted molar refractivity (Wildman–Crippen MR) is 56.0 cm³/mol. The Morgan fingerprint density at radius 2 is 1.71 bits per heavy atom. The topological polar surface area (TPSA) is 41.1 Å². The Morgan fingerprint density at radius 1 is 1.00 bits per heavy atom. The Balaban J connectivity index is 2.11. The van der Waals surface area contributed by atoms with Gasteiger partial charge in [-0.2, -0.15) is 0 Å². The molecule has 2 rings (SSSR count). The number of rotatable bonds is 0. The number of carbonyl (C=O) groups excluding carboxylic acids is 1. The van der Waals surface area contributed by atoms with E-state index in [1.165, 1.54) is 19.3 Å². The van der Waals surface area contributed by atoms with Crippen LogP contribution in [0.3, 0.4) is 0 Å². The largest absolute Gasteiger partial charge is 0.356 e. The van der Waals surface area contributed by atoms with Gasteiger partial charge in [0.15, 0.2) is 0 Å². The van der Waals surface area contributed by atoms with Gasteiger partial charge < -0.3 is 10.6 Å². The average Bonchev–Trinajstić information content (AvgIpc) is 2.51. The summed E-state index contributed by atoms with van der Waals surface area (Å²) in [4.78, 5) is 12.0. The maximum atomic E-state index is 12.0. The molecule has 14 heavy (non-hydrogen) atoms. The molecule has 3 heteroatoms. The molecule has 1 spiro atoms. The summed E-state index contributed by atoms with van der Waals surface area (Å²) < 4.78 is 0. The van der Waals surface area contributed by atoms with Crippen LogP contribution in [0.4, 0.5) is 0 Å². The second-order valence-electron chi connectivity index (χ2n) is 4.63. The first-order valence-electron chi connectivity index (χ1n) is 5.83. The van der Waals surface area contributed by atoms with Crippen LogP contribution >= 0.6 is 0 Å². The maximum Gasteiger partial charge on any atom is 0.227 e. The summed E-state index contributed by atoms with van der Waals surface area (Å²) in [6.45, 7) is 2.84. The molecular formula is C11H20N2O. The first-order valence-corrected chi connectivity index (χ1v) is 5.83. The lowest BCUT2D eigenvalue weighted by atomic mass is 9.78. The van der Waals surface area contributed by atoms with Gasteiger partial charge in [0.1, 0.15) is 0 Å². The molecule has 80 valence electrons. The molecule has 2 heterocycles. The molecule has 0 aliphatic carbocycles. The lowest BCUT2D eigenvalue weighted by Gasteiger charge is -2.29. The molecule has 1 unspecified atom stereocenters. The molecule has 2 aliphatic heterocycles. The lowest BCUT2D eigenvalue weighted by Crippen LogP contribution is -2.45. The van der Waals surface area contributed by atoms with Crippen LogP contribution in [-0.4, -0.2) is 25.5 Å². The molecule has 1 amide bonds. The van der Waals surface area contributed by atoms with Crippen molar-refractivity contribution in [3.63, 3.8) is 0 Å². The van der Waals surface area contributed by atoms with Crippen molar-refractivity contribution < 1.29 is 4.79 Å². The third-order valence-corrected chi connectivity index (χ3v) is 3.57. The number of carbonyl (C=O) groups is 1. The fraction of sp³-hybridized carbons (Fsp3) is 0.909. The average molecular weight is 196 g/mol. The SMILES string of the molecule is O=C1NCCCCC12CCCCNC2. The van der Waals surface area contributed by atoms with E-state index in [9.17, 15) is 4.79 Å². The minimum Gasteiger partial charge on any atom is -0.356 e. The van der Waals surface area contributed by atoms with Gasteiger partial charge in [-0.25, -0.2) is 0 Å². The highest BCUT2D eigenvalue weighted by Gasteiger charge is 2.38. The Kier molecular flexibility index (Phi) is 3.06. The quantitative estimate of drug-likeness (QED) is 0.608. The van der Waals surface area contributed by atoms with Gasteiger partial charge in [0.05, 0.1) is 5.41 Å². The van der Waals surface area contributed by atoms with Gasteiger partial charge in [-0.1, -0.05) is 12.8 Å². The third kappa shape index (κ3) is 1.92. The van der Waals surface area contributed by atoms with E-state index in [-0.39, 0.29) is 5.41 Å². The van der Waals surface area contributed by atoms with Crippen LogP contribution in [0.15, 0.2) is 0 Å². The van der Waals surface area contributed by atoms with E-state index in [2.05, 4.69) is 10.6 Å². The third-order valence-electron chi connectivity index (χ3n) is 3.57. The normalized spacial score (nSPS) is 34.7. The molecular weight excluding hydrogens is 176 g/mol. The van der Waals surface area contributed by atoms with Crippen molar-refractivity contribution in [2.45, 2.75) is 38.5 Å². The van der Waals surface area contributed by atoms with E-state index in [1.807, 2.05) is 0 Å². The highest BCUT2D eigenvalue weighted by Crippen LogP contribution is 2.33. The molecule has 0 radical (unpaired) electrons. The molecule has 3 nitrogen and oxygen atoms in total. The summed E-state index contributed by atoms with van der Waals surface area (Å²) in [5, 5.41) is 6.46. The first kappa shape index (κ1) is 9.97. The molecule has 0 bridgehead atoms. The highest BCUT2D eigenvalue weighted by molar-refractivity contribution is 5.83. The zero-order valence-corrected chi connectivity index (χ0v) is 8.77. The van der Waals surface area contributed by atoms with Crippen LogP contribution in [-0.2, 0) is 4.79 Å². The van der Waals surface area contributed by atoms with Crippen LogP contribution in [0.2, 0.25) is 0 Å². The second kappa shape index (κ2) is 4.30. The molecule has 2 aliphatic rings. The van der Waals surface area contributed by atoms with Crippen molar-refractivity contribution in [1.29, 1.82) is 0 Å². The Bertz CT molecular complexity index is 199. The molecule has 1 atom stereocenters. The fourth-order valence-electron chi connectivity index (χ4n) is 2.63. The van der Waals surface area contributed by atoms with Gasteiger partial charge in [-0.15, -0.1) is 0 Å². The van der Waals surface area contributed by atoms with Crippen LogP contribution in [0.25, 0.3) is 0 Å². The number of nitrogens with one attached hydrogen (secondary N) is 2. The number of hydrogen-bond donors (Lipinski definition) is 2. The molecule has 0 saturated carbocycles. The highest BCUT2D eigenvalue weighted by atomic mass is 16.2. The van der Waals surface area contributed by atoms with Gasteiger partial charge in [-0.05, 0) is 32.2 Å². The molecule has 0 aromatic rings. The van der Waals surface area contributed by atoms with E-state index in [0.717, 1.165) is 38.9 Å². The summed E-state index contributed by atoms with van der Waals surface area (Å²) in [5.74, 6) is 0.296. The van der Waals surface area contributed by atoms with E-state index in [1.54, 1.807) is 0 Å². The van der Waals surface area contributed by atoms with Gasteiger partial charge in [0.2, 0.25) is 5.91 Å². The lowest BCUT2D eigenvalue weighted by molar-refractivity contribution is -0.130. The molecule has 2 N–H and O–H groups in total. The van der Waals surface area contributed by atoms with Gasteiger partial charge in [0, 0.05) is 13.1 Å². The second-order valence-corrected chi connectivity index (χ2v) is 4.63. The molecule has 2 fully saturated rings. The summed E-state index contributed by atoms with van der Waals surface area (Å²) in [5.41, 5.74) is -0.0764. The van der Waals surface area contributed by atoms with Crippen molar-refractivity contribution in [1.82, 2.24) is 10.6 Å². The molecule has 0 aromatic heterocycles. The van der Waals surface area contributed by atoms with Gasteiger partial charge >= 0.3 is 0 Å². The van der Waals surface area contributed by atoms with Crippen LogP contribution < -0.4 is 10.6 Å². The van der Waals surface area contributed by atoms with Crippen LogP contribution in [0.5, 0.6) is 0 Å². The minimum absolute atomic E-state index is 0.0764. The van der Waals surface area contributed by atoms with E-state index >= 15 is 0 Å². The molecule has 2 saturated heterocycles. The zero-order chi connectivity index (χ0) is 9.86. The number of amides is 1. The summed E-state index contributed by atoms with van der Waals surface area (Å²) in [7, 11) is 0. The monoisotopic (exact) mass is 196 g/mol. The van der Waals surface area contributed by atoms with E-state index in [0.29, 0.717) is 5.91 Å². The van der Waals surface area contributed by atoms with Crippen LogP contribution in [0.1, 0.15) is 38.5 Å². The van der Waals surface area contributed by atoms with Crippen molar-refractivity contribution >= 4 is 5.91 Å². The summed E-state index contributed by atoms with van der Waals surface area (Å²) in [6.07, 6.45) is 6.90. The Hall–Kier alpha value is -0.570. The summed E-state index contributed by atoms with van der Waals surface area (Å²) >= 11 is 0. The Labute approximate surface area is 85.6 Å². The van der Waals surface area contributed by atoms with Crippen molar-refractivity contribution in [2.75, 3.05) is 19.6 Å². The zero-order valence-electron chi connectivity index (χ0n) is 8.77. The number of hydrogen-bond acceptors (Lipinski definition) is 2.